The lowest BCUT2D eigenvalue weighted by Gasteiger charge is -2.10. The molecule has 2 heterocycles. The molecular weight excluding hydrogens is 444 g/mol. The molecule has 0 atom stereocenters. The van der Waals surface area contributed by atoms with Crippen LogP contribution in [0.3, 0.4) is 0 Å². The number of para-hydroxylation sites is 2. The number of hydrazone groups is 1. The number of aliphatic carboxylic acids is 1. The van der Waals surface area contributed by atoms with Gasteiger partial charge in [-0.15, -0.1) is 0 Å². The van der Waals surface area contributed by atoms with Gasteiger partial charge in [0.2, 0.25) is 5.88 Å². The van der Waals surface area contributed by atoms with Crippen molar-refractivity contribution in [3.05, 3.63) is 77.5 Å². The van der Waals surface area contributed by atoms with Gasteiger partial charge in [0.05, 0.1) is 29.1 Å². The van der Waals surface area contributed by atoms with Crippen molar-refractivity contribution in [1.82, 2.24) is 9.78 Å². The fourth-order valence-electron chi connectivity index (χ4n) is 3.20. The van der Waals surface area contributed by atoms with E-state index in [0.717, 1.165) is 15.8 Å². The van der Waals surface area contributed by atoms with Crippen LogP contribution < -0.4 is 5.01 Å². The second-order valence-electron chi connectivity index (χ2n) is 6.87. The fraction of sp³-hybridized carbons (Fsp3) is 0.0870. The average molecular weight is 462 g/mol. The van der Waals surface area contributed by atoms with Crippen LogP contribution in [0, 0.1) is 0 Å². The second-order valence-corrected chi connectivity index (χ2v) is 6.87. The topological polar surface area (TPSA) is 144 Å². The van der Waals surface area contributed by atoms with Gasteiger partial charge in [0.25, 0.3) is 5.91 Å². The highest BCUT2D eigenvalue weighted by atomic mass is 17.2. The molecule has 1 aliphatic heterocycles. The number of aromatic nitrogens is 2. The first-order valence-corrected chi connectivity index (χ1v) is 10.1. The largest absolute Gasteiger partial charge is 0.493 e. The van der Waals surface area contributed by atoms with Crippen LogP contribution in [0.2, 0.25) is 0 Å². The molecule has 34 heavy (non-hydrogen) atoms. The number of carboxylic acid groups (broad SMARTS) is 1. The Morgan fingerprint density at radius 3 is 2.24 bits per heavy atom. The summed E-state index contributed by atoms with van der Waals surface area (Å²) in [6.45, 7) is 1.66. The van der Waals surface area contributed by atoms with Gasteiger partial charge >= 0.3 is 11.9 Å². The van der Waals surface area contributed by atoms with Gasteiger partial charge in [-0.3, -0.25) is 9.68 Å². The van der Waals surface area contributed by atoms with E-state index in [2.05, 4.69) is 15.1 Å². The van der Waals surface area contributed by atoms with Crippen molar-refractivity contribution in [3.8, 4) is 11.6 Å². The zero-order chi connectivity index (χ0) is 24.2. The second kappa shape index (κ2) is 9.38. The molecule has 3 aromatic rings. The Bertz CT molecular complexity index is 1310. The van der Waals surface area contributed by atoms with Crippen LogP contribution in [0.1, 0.15) is 23.0 Å². The van der Waals surface area contributed by atoms with Crippen LogP contribution in [-0.4, -0.2) is 50.2 Å². The maximum atomic E-state index is 13.1. The molecule has 1 amide bonds. The number of carboxylic acids is 1. The van der Waals surface area contributed by atoms with Crippen LogP contribution in [0.5, 0.6) is 5.88 Å². The van der Waals surface area contributed by atoms with E-state index in [9.17, 15) is 24.6 Å². The molecule has 11 heteroatoms. The third-order valence-electron chi connectivity index (χ3n) is 4.71. The Balaban J connectivity index is 1.85. The molecule has 0 spiro atoms. The summed E-state index contributed by atoms with van der Waals surface area (Å²) in [5, 5.41) is 29.5. The van der Waals surface area contributed by atoms with E-state index in [1.165, 1.54) is 0 Å². The molecule has 0 bridgehead atoms. The molecule has 0 saturated carbocycles. The lowest BCUT2D eigenvalue weighted by Crippen LogP contribution is -2.22. The molecule has 0 unspecified atom stereocenters. The van der Waals surface area contributed by atoms with E-state index in [1.54, 1.807) is 67.6 Å². The average Bonchev–Trinajstić information content (AvgIpc) is 3.36. The molecule has 11 nitrogen and oxygen atoms in total. The Morgan fingerprint density at radius 2 is 1.65 bits per heavy atom. The van der Waals surface area contributed by atoms with E-state index in [4.69, 9.17) is 4.89 Å². The van der Waals surface area contributed by atoms with E-state index >= 15 is 0 Å². The zero-order valence-corrected chi connectivity index (χ0v) is 17.8. The van der Waals surface area contributed by atoms with Gasteiger partial charge < -0.3 is 10.2 Å². The Morgan fingerprint density at radius 1 is 1.03 bits per heavy atom. The standard InChI is InChI=1S/C23H18N4O7/c1-2-33-34-23(32)19-17(21(29)27(25-19)15-11-7-4-8-12-15)13-16-18(22(30)31)24-26(20(16)28)14-9-5-3-6-10-14/h3-13,29H,2H2,1H3,(H,30,31). The molecule has 2 N–H and O–H groups in total. The molecular formula is C23H18N4O7. The maximum absolute atomic E-state index is 13.1. The highest BCUT2D eigenvalue weighted by Crippen LogP contribution is 2.31. The summed E-state index contributed by atoms with van der Waals surface area (Å²) >= 11 is 0. The summed E-state index contributed by atoms with van der Waals surface area (Å²) < 4.78 is 1.06. The van der Waals surface area contributed by atoms with Crippen molar-refractivity contribution in [1.29, 1.82) is 0 Å². The Labute approximate surface area is 192 Å². The first kappa shape index (κ1) is 22.4. The van der Waals surface area contributed by atoms with Gasteiger partial charge in [-0.2, -0.15) is 24.8 Å². The van der Waals surface area contributed by atoms with Crippen molar-refractivity contribution in [2.75, 3.05) is 11.6 Å². The minimum absolute atomic E-state index is 0.0634. The number of carbonyl (C=O) groups excluding carboxylic acids is 2. The number of anilines is 1. The van der Waals surface area contributed by atoms with Crippen molar-refractivity contribution >= 4 is 35.3 Å². The van der Waals surface area contributed by atoms with Gasteiger partial charge in [-0.1, -0.05) is 36.4 Å². The minimum atomic E-state index is -1.47. The summed E-state index contributed by atoms with van der Waals surface area (Å²) in [6, 6.07) is 16.6. The predicted molar refractivity (Wildman–Crippen MR) is 119 cm³/mol. The van der Waals surface area contributed by atoms with Crippen molar-refractivity contribution in [2.24, 2.45) is 5.10 Å². The summed E-state index contributed by atoms with van der Waals surface area (Å²) in [5.41, 5.74) is -0.797. The number of carbonyl (C=O) groups is 3. The molecule has 1 aliphatic rings. The number of hydrogen-bond acceptors (Lipinski definition) is 8. The minimum Gasteiger partial charge on any atom is -0.493 e. The van der Waals surface area contributed by atoms with Gasteiger partial charge in [0, 0.05) is 0 Å². The number of amides is 1. The van der Waals surface area contributed by atoms with E-state index in [-0.39, 0.29) is 17.7 Å². The number of nitrogens with zero attached hydrogens (tertiary/aromatic N) is 4. The number of rotatable bonds is 7. The van der Waals surface area contributed by atoms with E-state index in [1.807, 2.05) is 0 Å². The maximum Gasteiger partial charge on any atom is 0.393 e. The summed E-state index contributed by atoms with van der Waals surface area (Å²) in [6.07, 6.45) is 1.04. The Hall–Kier alpha value is -4.77. The van der Waals surface area contributed by atoms with Gasteiger partial charge in [0.15, 0.2) is 11.4 Å². The van der Waals surface area contributed by atoms with Crippen LogP contribution in [0.25, 0.3) is 11.8 Å². The smallest absolute Gasteiger partial charge is 0.393 e. The highest BCUT2D eigenvalue weighted by Gasteiger charge is 2.36. The number of hydrogen-bond donors (Lipinski definition) is 2. The fourth-order valence-corrected chi connectivity index (χ4v) is 3.20. The monoisotopic (exact) mass is 462 g/mol. The SMILES string of the molecule is CCOOC(=O)c1nn(-c2ccccc2)c(O)c1C=C1C(=O)N(c2ccccc2)N=C1C(=O)O. The quantitative estimate of drug-likeness (QED) is 0.310. The molecule has 2 aromatic carbocycles. The van der Waals surface area contributed by atoms with Gasteiger partial charge in [0.1, 0.15) is 0 Å². The summed E-state index contributed by atoms with van der Waals surface area (Å²) in [7, 11) is 0. The van der Waals surface area contributed by atoms with Gasteiger partial charge in [-0.05, 0) is 37.3 Å². The molecule has 1 aromatic heterocycles. The number of aromatic hydroxyl groups is 1. The zero-order valence-electron chi connectivity index (χ0n) is 17.8. The predicted octanol–water partition coefficient (Wildman–Crippen LogP) is 2.56. The molecule has 0 radical (unpaired) electrons. The first-order valence-electron chi connectivity index (χ1n) is 10.1. The van der Waals surface area contributed by atoms with Crippen LogP contribution >= 0.6 is 0 Å². The molecule has 4 rings (SSSR count). The third-order valence-corrected chi connectivity index (χ3v) is 4.71. The van der Waals surface area contributed by atoms with Crippen LogP contribution in [-0.2, 0) is 19.4 Å². The van der Waals surface area contributed by atoms with Crippen molar-refractivity contribution in [3.63, 3.8) is 0 Å². The van der Waals surface area contributed by atoms with Gasteiger partial charge in [-0.25, -0.2) is 9.59 Å². The normalized spacial score (nSPS) is 14.4. The number of benzene rings is 2. The van der Waals surface area contributed by atoms with E-state index in [0.29, 0.717) is 11.4 Å². The lowest BCUT2D eigenvalue weighted by atomic mass is 10.1. The summed E-state index contributed by atoms with van der Waals surface area (Å²) in [5.74, 6) is -3.79. The highest BCUT2D eigenvalue weighted by molar-refractivity contribution is 6.54. The van der Waals surface area contributed by atoms with E-state index < -0.39 is 35.1 Å². The van der Waals surface area contributed by atoms with Crippen molar-refractivity contribution in [2.45, 2.75) is 6.92 Å². The lowest BCUT2D eigenvalue weighted by molar-refractivity contribution is -0.237. The van der Waals surface area contributed by atoms with Crippen molar-refractivity contribution < 1.29 is 34.4 Å². The molecule has 0 fully saturated rings. The van der Waals surface area contributed by atoms with Crippen LogP contribution in [0.15, 0.2) is 71.3 Å². The first-order chi connectivity index (χ1) is 16.4. The summed E-state index contributed by atoms with van der Waals surface area (Å²) in [4.78, 5) is 46.9. The Kier molecular flexibility index (Phi) is 6.19. The third kappa shape index (κ3) is 4.14. The molecule has 0 aliphatic carbocycles. The molecule has 0 saturated heterocycles. The van der Waals surface area contributed by atoms with Crippen LogP contribution in [0.4, 0.5) is 5.69 Å². The molecule has 172 valence electrons.